The molecule has 1 rings (SSSR count). The van der Waals surface area contributed by atoms with Crippen LogP contribution in [0, 0.1) is 0 Å². The molecule has 0 aliphatic heterocycles. The Kier molecular flexibility index (Phi) is 11.7. The summed E-state index contributed by atoms with van der Waals surface area (Å²) in [4.78, 5) is 5.20. The largest absolute Gasteiger partial charge is 0.489 e. The first-order valence-corrected chi connectivity index (χ1v) is 9.90. The van der Waals surface area contributed by atoms with Gasteiger partial charge in [-0.1, -0.05) is 60.3 Å². The maximum Gasteiger partial charge on any atom is 0.133 e. The number of rotatable bonds is 11. The average Bonchev–Trinajstić information content (AvgIpc) is 2.62. The van der Waals surface area contributed by atoms with Crippen molar-refractivity contribution in [2.75, 3.05) is 13.2 Å². The predicted molar refractivity (Wildman–Crippen MR) is 114 cm³/mol. The highest BCUT2D eigenvalue weighted by atomic mass is 35.5. The Morgan fingerprint density at radius 3 is 2.04 bits per heavy atom. The number of benzene rings is 1. The number of hydroxylamine groups is 1. The molecule has 0 spiro atoms. The first-order valence-electron chi connectivity index (χ1n) is 8.39. The van der Waals surface area contributed by atoms with E-state index in [9.17, 15) is 0 Å². The summed E-state index contributed by atoms with van der Waals surface area (Å²) in [5.41, 5.74) is 5.51. The highest BCUT2D eigenvalue weighted by molar-refractivity contribution is 6.56. The summed E-state index contributed by atoms with van der Waals surface area (Å²) in [5, 5.41) is 0. The van der Waals surface area contributed by atoms with Gasteiger partial charge < -0.3 is 9.47 Å². The molecule has 0 fully saturated rings. The van der Waals surface area contributed by atoms with Crippen molar-refractivity contribution < 1.29 is 14.3 Å². The van der Waals surface area contributed by atoms with E-state index in [1.54, 1.807) is 12.3 Å². The number of ether oxygens (including phenoxy) is 2. The molecule has 0 heterocycles. The van der Waals surface area contributed by atoms with Crippen LogP contribution in [0.3, 0.4) is 0 Å². The van der Waals surface area contributed by atoms with Crippen molar-refractivity contribution in [3.8, 4) is 11.5 Å². The Bertz CT molecular complexity index is 669. The van der Waals surface area contributed by atoms with Crippen molar-refractivity contribution in [3.05, 3.63) is 56.4 Å². The molecule has 1 aromatic carbocycles. The van der Waals surface area contributed by atoms with Crippen molar-refractivity contribution >= 4 is 46.4 Å². The van der Waals surface area contributed by atoms with E-state index >= 15 is 0 Å². The van der Waals surface area contributed by atoms with Crippen LogP contribution in [0.25, 0.3) is 0 Å². The second-order valence-electron chi connectivity index (χ2n) is 5.41. The summed E-state index contributed by atoms with van der Waals surface area (Å²) in [6.07, 6.45) is 6.30. The van der Waals surface area contributed by atoms with Crippen LogP contribution in [0.5, 0.6) is 11.5 Å². The fourth-order valence-corrected chi connectivity index (χ4v) is 2.37. The second-order valence-corrected chi connectivity index (χ2v) is 7.42. The van der Waals surface area contributed by atoms with Gasteiger partial charge in [-0.25, -0.2) is 0 Å². The molecule has 8 heteroatoms. The standard InChI is InChI=1S/C19H23Cl4NO3/c1-4-14-10-16(25-8-6-17(20)21)11-15(5-2)19(14)26-12-13(3)24-27-9-7-18(22)23/h6-7,10-12,24H,4-5,8-9H2,1-3H3. The van der Waals surface area contributed by atoms with Gasteiger partial charge in [0, 0.05) is 0 Å². The molecule has 0 aromatic heterocycles. The van der Waals surface area contributed by atoms with Gasteiger partial charge in [0.1, 0.15) is 33.4 Å². The molecule has 27 heavy (non-hydrogen) atoms. The molecular weight excluding hydrogens is 432 g/mol. The van der Waals surface area contributed by atoms with E-state index in [1.165, 1.54) is 6.08 Å². The highest BCUT2D eigenvalue weighted by Crippen LogP contribution is 2.31. The minimum Gasteiger partial charge on any atom is -0.489 e. The molecule has 0 atom stereocenters. The minimum absolute atomic E-state index is 0.154. The molecule has 150 valence electrons. The van der Waals surface area contributed by atoms with Gasteiger partial charge in [0.15, 0.2) is 0 Å². The monoisotopic (exact) mass is 453 g/mol. The van der Waals surface area contributed by atoms with E-state index in [-0.39, 0.29) is 15.6 Å². The Morgan fingerprint density at radius 2 is 1.52 bits per heavy atom. The molecule has 0 aliphatic carbocycles. The lowest BCUT2D eigenvalue weighted by atomic mass is 10.0. The van der Waals surface area contributed by atoms with E-state index in [4.69, 9.17) is 60.7 Å². The second kappa shape index (κ2) is 13.2. The fraction of sp³-hybridized carbons (Fsp3) is 0.368. The molecule has 0 aliphatic rings. The summed E-state index contributed by atoms with van der Waals surface area (Å²) in [7, 11) is 0. The maximum absolute atomic E-state index is 5.91. The lowest BCUT2D eigenvalue weighted by Gasteiger charge is -2.15. The molecule has 4 nitrogen and oxygen atoms in total. The molecule has 0 unspecified atom stereocenters. The number of nitrogens with one attached hydrogen (secondary N) is 1. The molecule has 0 radical (unpaired) electrons. The Balaban J connectivity index is 2.84. The summed E-state index contributed by atoms with van der Waals surface area (Å²) < 4.78 is 11.9. The first kappa shape index (κ1) is 24.0. The topological polar surface area (TPSA) is 39.7 Å². The van der Waals surface area contributed by atoms with Crippen LogP contribution in [0.2, 0.25) is 0 Å². The van der Waals surface area contributed by atoms with Crippen molar-refractivity contribution in [3.63, 3.8) is 0 Å². The molecule has 0 saturated heterocycles. The Hall–Kier alpha value is -1.04. The van der Waals surface area contributed by atoms with Crippen LogP contribution in [0.4, 0.5) is 0 Å². The molecule has 1 aromatic rings. The summed E-state index contributed by atoms with van der Waals surface area (Å²) in [5.74, 6) is 1.55. The third kappa shape index (κ3) is 9.63. The van der Waals surface area contributed by atoms with E-state index < -0.39 is 0 Å². The van der Waals surface area contributed by atoms with Gasteiger partial charge in [-0.2, -0.15) is 0 Å². The number of allylic oxidation sites excluding steroid dienone is 1. The molecule has 0 saturated carbocycles. The number of halogens is 4. The van der Waals surface area contributed by atoms with Crippen molar-refractivity contribution in [2.45, 2.75) is 33.6 Å². The third-order valence-corrected chi connectivity index (χ3v) is 3.99. The third-order valence-electron chi connectivity index (χ3n) is 3.37. The van der Waals surface area contributed by atoms with E-state index in [0.29, 0.717) is 12.3 Å². The normalized spacial score (nSPS) is 11.0. The van der Waals surface area contributed by atoms with Gasteiger partial charge in [0.25, 0.3) is 0 Å². The maximum atomic E-state index is 5.91. The smallest absolute Gasteiger partial charge is 0.133 e. The zero-order chi connectivity index (χ0) is 20.2. The van der Waals surface area contributed by atoms with Gasteiger partial charge in [0.2, 0.25) is 0 Å². The quantitative estimate of drug-likeness (QED) is 0.232. The predicted octanol–water partition coefficient (Wildman–Crippen LogP) is 6.59. The van der Waals surface area contributed by atoms with E-state index in [2.05, 4.69) is 19.3 Å². The summed E-state index contributed by atoms with van der Waals surface area (Å²) in [6, 6.07) is 3.90. The van der Waals surface area contributed by atoms with Crippen LogP contribution in [-0.4, -0.2) is 13.2 Å². The van der Waals surface area contributed by atoms with E-state index in [1.807, 2.05) is 19.1 Å². The lowest BCUT2D eigenvalue weighted by molar-refractivity contribution is 0.0844. The van der Waals surface area contributed by atoms with Gasteiger partial charge in [0.05, 0.1) is 12.3 Å². The van der Waals surface area contributed by atoms with Crippen LogP contribution in [0.15, 0.2) is 45.2 Å². The SMILES string of the molecule is CCc1cc(OCC=C(Cl)Cl)cc(CC)c1OC=C(C)NOCC=C(Cl)Cl. The number of hydrogen-bond acceptors (Lipinski definition) is 4. The van der Waals surface area contributed by atoms with Gasteiger partial charge >= 0.3 is 0 Å². The zero-order valence-electron chi connectivity index (χ0n) is 15.5. The Morgan fingerprint density at radius 1 is 0.963 bits per heavy atom. The molecule has 1 N–H and O–H groups in total. The van der Waals surface area contributed by atoms with Crippen molar-refractivity contribution in [1.82, 2.24) is 5.48 Å². The summed E-state index contributed by atoms with van der Waals surface area (Å²) in [6.45, 7) is 6.47. The number of hydrogen-bond donors (Lipinski definition) is 1. The zero-order valence-corrected chi connectivity index (χ0v) is 18.5. The van der Waals surface area contributed by atoms with Crippen LogP contribution in [0.1, 0.15) is 31.9 Å². The van der Waals surface area contributed by atoms with Crippen LogP contribution >= 0.6 is 46.4 Å². The minimum atomic E-state index is 0.154. The first-order chi connectivity index (χ1) is 12.9. The molecule has 0 bridgehead atoms. The van der Waals surface area contributed by atoms with Crippen molar-refractivity contribution in [1.29, 1.82) is 0 Å². The van der Waals surface area contributed by atoms with Gasteiger partial charge in [-0.3, -0.25) is 10.3 Å². The van der Waals surface area contributed by atoms with Crippen LogP contribution in [-0.2, 0) is 17.7 Å². The average molecular weight is 455 g/mol. The highest BCUT2D eigenvalue weighted by Gasteiger charge is 2.11. The van der Waals surface area contributed by atoms with Crippen LogP contribution < -0.4 is 15.0 Å². The lowest BCUT2D eigenvalue weighted by Crippen LogP contribution is -2.13. The Labute approximate surface area is 180 Å². The molecule has 0 amide bonds. The molecular formula is C19H23Cl4NO3. The van der Waals surface area contributed by atoms with Gasteiger partial charge in [-0.05, 0) is 55.2 Å². The van der Waals surface area contributed by atoms with Gasteiger partial charge in [-0.15, -0.1) is 0 Å². The van der Waals surface area contributed by atoms with E-state index in [0.717, 1.165) is 35.5 Å². The fourth-order valence-electron chi connectivity index (χ4n) is 2.11. The number of aryl methyl sites for hydroxylation is 2. The summed E-state index contributed by atoms with van der Waals surface area (Å²) >= 11 is 22.2. The van der Waals surface area contributed by atoms with Crippen molar-refractivity contribution in [2.24, 2.45) is 0 Å².